The van der Waals surface area contributed by atoms with Gasteiger partial charge in [-0.1, -0.05) is 18.2 Å². The molecule has 1 heterocycles. The van der Waals surface area contributed by atoms with Crippen LogP contribution in [0.2, 0.25) is 0 Å². The van der Waals surface area contributed by atoms with E-state index in [-0.39, 0.29) is 12.8 Å². The third-order valence-corrected chi connectivity index (χ3v) is 4.91. The molecule has 0 saturated carbocycles. The van der Waals surface area contributed by atoms with Crippen molar-refractivity contribution in [3.8, 4) is 0 Å². The van der Waals surface area contributed by atoms with Gasteiger partial charge < -0.3 is 36.9 Å². The van der Waals surface area contributed by atoms with Crippen LogP contribution < -0.4 is 21.7 Å². The molecule has 0 aliphatic rings. The molecule has 178 valence electrons. The summed E-state index contributed by atoms with van der Waals surface area (Å²) in [6.07, 6.45) is 1.28. The maximum absolute atomic E-state index is 12.4. The van der Waals surface area contributed by atoms with Gasteiger partial charge in [-0.25, -0.2) is 4.79 Å². The topological polar surface area (TPSA) is 204 Å². The van der Waals surface area contributed by atoms with Crippen molar-refractivity contribution < 1.29 is 34.2 Å². The highest BCUT2D eigenvalue weighted by molar-refractivity contribution is 5.93. The standard InChI is InChI=1S/C21H27N5O7/c1-11(19(30)24-10-17(27)26-16(21(32)33)6-7-18(28)29)25-20(31)14(22)8-12-9-23-15-5-3-2-4-13(12)15/h2-5,9,11,14,16,23H,6-8,10,22H2,1H3,(H,24,30)(H,25,31)(H,26,27)(H,28,29)(H,32,33). The molecule has 0 saturated heterocycles. The van der Waals surface area contributed by atoms with Crippen LogP contribution in [-0.2, 0) is 30.4 Å². The van der Waals surface area contributed by atoms with Gasteiger partial charge in [0.05, 0.1) is 12.6 Å². The quantitative estimate of drug-likeness (QED) is 0.210. The number of aliphatic carboxylic acids is 2. The van der Waals surface area contributed by atoms with Crippen LogP contribution >= 0.6 is 0 Å². The lowest BCUT2D eigenvalue weighted by Gasteiger charge is -2.18. The zero-order valence-electron chi connectivity index (χ0n) is 18.0. The largest absolute Gasteiger partial charge is 0.481 e. The summed E-state index contributed by atoms with van der Waals surface area (Å²) < 4.78 is 0. The second-order valence-corrected chi connectivity index (χ2v) is 7.51. The summed E-state index contributed by atoms with van der Waals surface area (Å²) in [6, 6.07) is 4.26. The minimum absolute atomic E-state index is 0.250. The number of amides is 3. The Labute approximate surface area is 188 Å². The number of carbonyl (C=O) groups is 5. The summed E-state index contributed by atoms with van der Waals surface area (Å²) in [5.41, 5.74) is 7.76. The van der Waals surface area contributed by atoms with Crippen LogP contribution in [0.4, 0.5) is 0 Å². The molecule has 0 aliphatic carbocycles. The van der Waals surface area contributed by atoms with Gasteiger partial charge in [0.2, 0.25) is 17.7 Å². The Morgan fingerprint density at radius 1 is 1.06 bits per heavy atom. The SMILES string of the molecule is CC(NC(=O)C(N)Cc1c[nH]c2ccccc12)C(=O)NCC(=O)NC(CCC(=O)O)C(=O)O. The van der Waals surface area contributed by atoms with Crippen molar-refractivity contribution in [2.24, 2.45) is 5.73 Å². The second-order valence-electron chi connectivity index (χ2n) is 7.51. The number of hydrogen-bond acceptors (Lipinski definition) is 6. The molecule has 12 heteroatoms. The highest BCUT2D eigenvalue weighted by atomic mass is 16.4. The van der Waals surface area contributed by atoms with Crippen LogP contribution in [-0.4, -0.2) is 69.5 Å². The Morgan fingerprint density at radius 3 is 2.42 bits per heavy atom. The first-order chi connectivity index (χ1) is 15.6. The van der Waals surface area contributed by atoms with Gasteiger partial charge in [-0.3, -0.25) is 19.2 Å². The number of nitrogens with one attached hydrogen (secondary N) is 4. The van der Waals surface area contributed by atoms with Crippen molar-refractivity contribution in [1.29, 1.82) is 0 Å². The van der Waals surface area contributed by atoms with Crippen molar-refractivity contribution in [2.75, 3.05) is 6.54 Å². The molecule has 0 radical (unpaired) electrons. The minimum Gasteiger partial charge on any atom is -0.481 e. The van der Waals surface area contributed by atoms with Crippen molar-refractivity contribution in [3.63, 3.8) is 0 Å². The maximum atomic E-state index is 12.4. The maximum Gasteiger partial charge on any atom is 0.326 e. The molecule has 0 bridgehead atoms. The Hall–Kier alpha value is -3.93. The number of rotatable bonds is 12. The average Bonchev–Trinajstić information content (AvgIpc) is 3.17. The highest BCUT2D eigenvalue weighted by Gasteiger charge is 2.23. The van der Waals surface area contributed by atoms with Crippen LogP contribution in [0, 0.1) is 0 Å². The minimum atomic E-state index is -1.40. The number of nitrogens with two attached hydrogens (primary N) is 1. The van der Waals surface area contributed by atoms with E-state index in [1.54, 1.807) is 6.20 Å². The van der Waals surface area contributed by atoms with E-state index in [1.165, 1.54) is 6.92 Å². The van der Waals surface area contributed by atoms with Gasteiger partial charge in [0, 0.05) is 23.5 Å². The molecule has 33 heavy (non-hydrogen) atoms. The molecule has 1 aromatic carbocycles. The number of carboxylic acids is 2. The first-order valence-electron chi connectivity index (χ1n) is 10.2. The third kappa shape index (κ3) is 7.61. The smallest absolute Gasteiger partial charge is 0.326 e. The van der Waals surface area contributed by atoms with Gasteiger partial charge in [0.25, 0.3) is 0 Å². The van der Waals surface area contributed by atoms with E-state index in [4.69, 9.17) is 15.9 Å². The van der Waals surface area contributed by atoms with Crippen molar-refractivity contribution in [3.05, 3.63) is 36.0 Å². The molecule has 3 atom stereocenters. The number of aromatic amines is 1. The van der Waals surface area contributed by atoms with Gasteiger partial charge in [0.1, 0.15) is 12.1 Å². The van der Waals surface area contributed by atoms with E-state index in [2.05, 4.69) is 20.9 Å². The molecule has 0 spiro atoms. The van der Waals surface area contributed by atoms with Crippen LogP contribution in [0.3, 0.4) is 0 Å². The number of aromatic nitrogens is 1. The van der Waals surface area contributed by atoms with E-state index in [9.17, 15) is 24.0 Å². The first kappa shape index (κ1) is 25.3. The molecule has 2 rings (SSSR count). The number of para-hydroxylation sites is 1. The summed E-state index contributed by atoms with van der Waals surface area (Å²) >= 11 is 0. The molecule has 12 nitrogen and oxygen atoms in total. The number of carbonyl (C=O) groups excluding carboxylic acids is 3. The fourth-order valence-electron chi connectivity index (χ4n) is 3.11. The van der Waals surface area contributed by atoms with Gasteiger partial charge in [-0.2, -0.15) is 0 Å². The second kappa shape index (κ2) is 11.6. The van der Waals surface area contributed by atoms with E-state index < -0.39 is 60.8 Å². The molecule has 8 N–H and O–H groups in total. The molecule has 2 aromatic rings. The molecule has 0 aliphatic heterocycles. The summed E-state index contributed by atoms with van der Waals surface area (Å²) in [7, 11) is 0. The third-order valence-electron chi connectivity index (χ3n) is 4.91. The number of hydrogen-bond donors (Lipinski definition) is 7. The molecule has 1 aromatic heterocycles. The Balaban J connectivity index is 1.80. The van der Waals surface area contributed by atoms with E-state index >= 15 is 0 Å². The average molecular weight is 461 g/mol. The number of H-pyrrole nitrogens is 1. The molecule has 3 amide bonds. The lowest BCUT2D eigenvalue weighted by Crippen LogP contribution is -2.52. The normalized spacial score (nSPS) is 13.5. The fourth-order valence-corrected chi connectivity index (χ4v) is 3.11. The molecular formula is C21H27N5O7. The zero-order chi connectivity index (χ0) is 24.5. The van der Waals surface area contributed by atoms with Crippen molar-refractivity contribution in [2.45, 2.75) is 44.3 Å². The van der Waals surface area contributed by atoms with Crippen LogP contribution in [0.1, 0.15) is 25.3 Å². The Bertz CT molecular complexity index is 1030. The van der Waals surface area contributed by atoms with Crippen LogP contribution in [0.15, 0.2) is 30.5 Å². The molecule has 0 fully saturated rings. The summed E-state index contributed by atoms with van der Waals surface area (Å²) in [5.74, 6) is -4.62. The predicted molar refractivity (Wildman–Crippen MR) is 117 cm³/mol. The molecular weight excluding hydrogens is 434 g/mol. The van der Waals surface area contributed by atoms with Gasteiger partial charge in [-0.15, -0.1) is 0 Å². The van der Waals surface area contributed by atoms with Crippen molar-refractivity contribution >= 4 is 40.6 Å². The van der Waals surface area contributed by atoms with Gasteiger partial charge >= 0.3 is 11.9 Å². The van der Waals surface area contributed by atoms with Gasteiger partial charge in [0.15, 0.2) is 0 Å². The number of fused-ring (bicyclic) bond motifs is 1. The first-order valence-corrected chi connectivity index (χ1v) is 10.2. The van der Waals surface area contributed by atoms with E-state index in [0.717, 1.165) is 16.5 Å². The Morgan fingerprint density at radius 2 is 1.76 bits per heavy atom. The molecule has 3 unspecified atom stereocenters. The highest BCUT2D eigenvalue weighted by Crippen LogP contribution is 2.18. The lowest BCUT2D eigenvalue weighted by atomic mass is 10.0. The van der Waals surface area contributed by atoms with Gasteiger partial charge in [-0.05, 0) is 31.4 Å². The monoisotopic (exact) mass is 461 g/mol. The lowest BCUT2D eigenvalue weighted by molar-refractivity contribution is -0.143. The van der Waals surface area contributed by atoms with E-state index in [1.807, 2.05) is 24.3 Å². The summed E-state index contributed by atoms with van der Waals surface area (Å²) in [4.78, 5) is 61.3. The number of carboxylic acid groups (broad SMARTS) is 2. The fraction of sp³-hybridized carbons (Fsp3) is 0.381. The van der Waals surface area contributed by atoms with E-state index in [0.29, 0.717) is 0 Å². The summed E-state index contributed by atoms with van der Waals surface area (Å²) in [6.45, 7) is 0.869. The zero-order valence-corrected chi connectivity index (χ0v) is 18.0. The number of benzene rings is 1. The van der Waals surface area contributed by atoms with Crippen molar-refractivity contribution in [1.82, 2.24) is 20.9 Å². The predicted octanol–water partition coefficient (Wildman–Crippen LogP) is -0.907. The Kier molecular flexibility index (Phi) is 8.92. The van der Waals surface area contributed by atoms with Crippen LogP contribution in [0.5, 0.6) is 0 Å². The summed E-state index contributed by atoms with van der Waals surface area (Å²) in [5, 5.41) is 25.5. The van der Waals surface area contributed by atoms with Crippen LogP contribution in [0.25, 0.3) is 10.9 Å².